The number of rotatable bonds is 3. The fourth-order valence-electron chi connectivity index (χ4n) is 1.44. The maximum atomic E-state index is 13.2. The van der Waals surface area contributed by atoms with Crippen molar-refractivity contribution in [3.8, 4) is 0 Å². The van der Waals surface area contributed by atoms with Crippen molar-refractivity contribution in [1.82, 2.24) is 10.5 Å². The van der Waals surface area contributed by atoms with Crippen LogP contribution in [0.25, 0.3) is 0 Å². The fourth-order valence-corrected chi connectivity index (χ4v) is 1.44. The first-order valence-electron chi connectivity index (χ1n) is 5.31. The highest BCUT2D eigenvalue weighted by Gasteiger charge is 2.09. The summed E-state index contributed by atoms with van der Waals surface area (Å²) >= 11 is 0. The van der Waals surface area contributed by atoms with Gasteiger partial charge >= 0.3 is 0 Å². The van der Waals surface area contributed by atoms with Crippen molar-refractivity contribution in [2.24, 2.45) is 0 Å². The second-order valence-electron chi connectivity index (χ2n) is 3.85. The summed E-state index contributed by atoms with van der Waals surface area (Å²) in [5.41, 5.74) is 6.28. The van der Waals surface area contributed by atoms with E-state index in [0.29, 0.717) is 5.76 Å². The Morgan fingerprint density at radius 1 is 1.50 bits per heavy atom. The SMILES string of the molecule is Cc1cc(CNC(=O)c2ccc(N)c(F)c2)on1. The molecular formula is C12H12FN3O2. The minimum Gasteiger partial charge on any atom is -0.396 e. The summed E-state index contributed by atoms with van der Waals surface area (Å²) in [6.07, 6.45) is 0. The molecule has 2 aromatic rings. The van der Waals surface area contributed by atoms with Gasteiger partial charge in [0.15, 0.2) is 5.76 Å². The maximum Gasteiger partial charge on any atom is 0.251 e. The Morgan fingerprint density at radius 2 is 2.28 bits per heavy atom. The number of nitrogen functional groups attached to an aromatic ring is 1. The predicted octanol–water partition coefficient (Wildman–Crippen LogP) is 1.63. The van der Waals surface area contributed by atoms with Crippen molar-refractivity contribution < 1.29 is 13.7 Å². The number of aryl methyl sites for hydroxylation is 1. The van der Waals surface area contributed by atoms with Crippen LogP contribution in [0.2, 0.25) is 0 Å². The Balaban J connectivity index is 2.01. The van der Waals surface area contributed by atoms with Crippen LogP contribution in [0.1, 0.15) is 21.8 Å². The van der Waals surface area contributed by atoms with Crippen LogP contribution in [0.15, 0.2) is 28.8 Å². The van der Waals surface area contributed by atoms with Crippen LogP contribution in [-0.4, -0.2) is 11.1 Å². The molecule has 0 aliphatic rings. The number of nitrogens with two attached hydrogens (primary N) is 1. The van der Waals surface area contributed by atoms with Crippen LogP contribution in [0.5, 0.6) is 0 Å². The van der Waals surface area contributed by atoms with Gasteiger partial charge in [0.25, 0.3) is 5.91 Å². The highest BCUT2D eigenvalue weighted by atomic mass is 19.1. The number of carbonyl (C=O) groups excluding carboxylic acids is 1. The Hall–Kier alpha value is -2.37. The highest BCUT2D eigenvalue weighted by molar-refractivity contribution is 5.94. The number of anilines is 1. The largest absolute Gasteiger partial charge is 0.396 e. The van der Waals surface area contributed by atoms with E-state index in [1.807, 2.05) is 0 Å². The number of carbonyl (C=O) groups is 1. The summed E-state index contributed by atoms with van der Waals surface area (Å²) in [6.45, 7) is 1.98. The van der Waals surface area contributed by atoms with Crippen molar-refractivity contribution in [3.05, 3.63) is 47.1 Å². The number of hydrogen-bond donors (Lipinski definition) is 2. The van der Waals surface area contributed by atoms with Gasteiger partial charge < -0.3 is 15.6 Å². The van der Waals surface area contributed by atoms with Gasteiger partial charge in [0.1, 0.15) is 5.82 Å². The van der Waals surface area contributed by atoms with E-state index in [-0.39, 0.29) is 17.8 Å². The van der Waals surface area contributed by atoms with Gasteiger partial charge in [0.2, 0.25) is 0 Å². The third-order valence-electron chi connectivity index (χ3n) is 2.36. The molecule has 3 N–H and O–H groups in total. The zero-order valence-corrected chi connectivity index (χ0v) is 9.74. The molecule has 0 spiro atoms. The molecule has 0 aliphatic carbocycles. The minimum absolute atomic E-state index is 0.0115. The summed E-state index contributed by atoms with van der Waals surface area (Å²) in [5.74, 6) is -0.474. The Morgan fingerprint density at radius 3 is 2.89 bits per heavy atom. The minimum atomic E-state index is -0.613. The van der Waals surface area contributed by atoms with Crippen LogP contribution in [0.3, 0.4) is 0 Å². The van der Waals surface area contributed by atoms with Gasteiger partial charge in [-0.15, -0.1) is 0 Å². The number of halogens is 1. The zero-order chi connectivity index (χ0) is 13.1. The molecule has 0 atom stereocenters. The highest BCUT2D eigenvalue weighted by Crippen LogP contribution is 2.12. The lowest BCUT2D eigenvalue weighted by Crippen LogP contribution is -2.22. The van der Waals surface area contributed by atoms with E-state index in [9.17, 15) is 9.18 Å². The molecule has 1 aromatic heterocycles. The summed E-state index contributed by atoms with van der Waals surface area (Å²) in [7, 11) is 0. The average molecular weight is 249 g/mol. The van der Waals surface area contributed by atoms with Crippen molar-refractivity contribution in [2.75, 3.05) is 5.73 Å². The average Bonchev–Trinajstić information content (AvgIpc) is 2.75. The quantitative estimate of drug-likeness (QED) is 0.810. The second kappa shape index (κ2) is 4.87. The Bertz CT molecular complexity index is 580. The first kappa shape index (κ1) is 12.1. The lowest BCUT2D eigenvalue weighted by atomic mass is 10.2. The van der Waals surface area contributed by atoms with E-state index < -0.39 is 11.7 Å². The molecule has 6 heteroatoms. The van der Waals surface area contributed by atoms with Gasteiger partial charge in [0, 0.05) is 11.6 Å². The number of hydrogen-bond acceptors (Lipinski definition) is 4. The van der Waals surface area contributed by atoms with Crippen LogP contribution in [0.4, 0.5) is 10.1 Å². The van der Waals surface area contributed by atoms with Crippen molar-refractivity contribution >= 4 is 11.6 Å². The zero-order valence-electron chi connectivity index (χ0n) is 9.74. The summed E-state index contributed by atoms with van der Waals surface area (Å²) in [5, 5.41) is 6.29. The molecule has 5 nitrogen and oxygen atoms in total. The monoisotopic (exact) mass is 249 g/mol. The normalized spacial score (nSPS) is 10.3. The van der Waals surface area contributed by atoms with Gasteiger partial charge in [-0.25, -0.2) is 4.39 Å². The number of benzene rings is 1. The fraction of sp³-hybridized carbons (Fsp3) is 0.167. The molecular weight excluding hydrogens is 237 g/mol. The van der Waals surface area contributed by atoms with E-state index >= 15 is 0 Å². The van der Waals surface area contributed by atoms with Gasteiger partial charge in [-0.3, -0.25) is 4.79 Å². The molecule has 0 radical (unpaired) electrons. The van der Waals surface area contributed by atoms with Gasteiger partial charge in [-0.2, -0.15) is 0 Å². The molecule has 94 valence electrons. The van der Waals surface area contributed by atoms with E-state index in [4.69, 9.17) is 10.3 Å². The standard InChI is InChI=1S/C12H12FN3O2/c1-7-4-9(18-16-7)6-15-12(17)8-2-3-11(14)10(13)5-8/h2-5H,6,14H2,1H3,(H,15,17). The molecule has 0 fully saturated rings. The first-order valence-corrected chi connectivity index (χ1v) is 5.31. The lowest BCUT2D eigenvalue weighted by molar-refractivity contribution is 0.0946. The van der Waals surface area contributed by atoms with Crippen LogP contribution in [-0.2, 0) is 6.54 Å². The first-order chi connectivity index (χ1) is 8.56. The molecule has 0 saturated carbocycles. The number of aromatic nitrogens is 1. The summed E-state index contributed by atoms with van der Waals surface area (Å²) in [6, 6.07) is 5.61. The molecule has 0 saturated heterocycles. The molecule has 18 heavy (non-hydrogen) atoms. The van der Waals surface area contributed by atoms with Crippen LogP contribution < -0.4 is 11.1 Å². The molecule has 1 amide bonds. The number of nitrogens with one attached hydrogen (secondary N) is 1. The third kappa shape index (κ3) is 2.65. The smallest absolute Gasteiger partial charge is 0.251 e. The van der Waals surface area contributed by atoms with Gasteiger partial charge in [-0.1, -0.05) is 5.16 Å². The molecule has 0 unspecified atom stereocenters. The van der Waals surface area contributed by atoms with Crippen LogP contribution in [0, 0.1) is 12.7 Å². The van der Waals surface area contributed by atoms with Gasteiger partial charge in [-0.05, 0) is 25.1 Å². The molecule has 0 bridgehead atoms. The summed E-state index contributed by atoms with van der Waals surface area (Å²) < 4.78 is 18.1. The van der Waals surface area contributed by atoms with Crippen molar-refractivity contribution in [1.29, 1.82) is 0 Å². The topological polar surface area (TPSA) is 81.2 Å². The number of nitrogens with zero attached hydrogens (tertiary/aromatic N) is 1. The van der Waals surface area contributed by atoms with E-state index in [1.165, 1.54) is 12.1 Å². The summed E-state index contributed by atoms with van der Waals surface area (Å²) in [4.78, 5) is 11.7. The molecule has 1 heterocycles. The molecule has 2 rings (SSSR count). The number of amides is 1. The van der Waals surface area contributed by atoms with Crippen molar-refractivity contribution in [3.63, 3.8) is 0 Å². The van der Waals surface area contributed by atoms with Crippen LogP contribution >= 0.6 is 0 Å². The van der Waals surface area contributed by atoms with E-state index in [2.05, 4.69) is 10.5 Å². The lowest BCUT2D eigenvalue weighted by Gasteiger charge is -2.04. The Kier molecular flexibility index (Phi) is 3.27. The van der Waals surface area contributed by atoms with E-state index in [1.54, 1.807) is 13.0 Å². The van der Waals surface area contributed by atoms with Crippen molar-refractivity contribution in [2.45, 2.75) is 13.5 Å². The molecule has 1 aromatic carbocycles. The maximum absolute atomic E-state index is 13.2. The third-order valence-corrected chi connectivity index (χ3v) is 2.36. The predicted molar refractivity (Wildman–Crippen MR) is 63.2 cm³/mol. The Labute approximate surface area is 103 Å². The van der Waals surface area contributed by atoms with E-state index in [0.717, 1.165) is 11.8 Å². The van der Waals surface area contributed by atoms with Gasteiger partial charge in [0.05, 0.1) is 17.9 Å². The second-order valence-corrected chi connectivity index (χ2v) is 3.85. The molecule has 0 aliphatic heterocycles.